The van der Waals surface area contributed by atoms with Gasteiger partial charge in [0.1, 0.15) is 34.8 Å². The van der Waals surface area contributed by atoms with E-state index in [4.69, 9.17) is 4.99 Å². The number of rotatable bonds is 9. The summed E-state index contributed by atoms with van der Waals surface area (Å²) in [7, 11) is 0. The zero-order valence-corrected chi connectivity index (χ0v) is 39.3. The number of amides is 3. The molecule has 3 aromatic carbocycles. The van der Waals surface area contributed by atoms with Crippen LogP contribution in [0.15, 0.2) is 71.2 Å². The molecule has 0 unspecified atom stereocenters. The molecular weight excluding hydrogens is 848 g/mol. The summed E-state index contributed by atoms with van der Waals surface area (Å²) in [5, 5.41) is 26.5. The molecule has 2 aliphatic heterocycles. The summed E-state index contributed by atoms with van der Waals surface area (Å²) in [5.74, 6) is -0.552. The van der Waals surface area contributed by atoms with Crippen molar-refractivity contribution in [3.05, 3.63) is 128 Å². The zero-order valence-electron chi connectivity index (χ0n) is 37.7. The van der Waals surface area contributed by atoms with E-state index in [0.717, 1.165) is 60.7 Å². The molecule has 1 saturated heterocycles. The molecule has 0 radical (unpaired) electrons. The number of nitrogens with one attached hydrogen (secondary N) is 2. The van der Waals surface area contributed by atoms with Gasteiger partial charge in [-0.1, -0.05) is 69.3 Å². The second-order valence-electron chi connectivity index (χ2n) is 18.1. The van der Waals surface area contributed by atoms with E-state index in [1.54, 1.807) is 35.7 Å². The van der Waals surface area contributed by atoms with Crippen LogP contribution in [-0.2, 0) is 9.59 Å². The molecule has 0 saturated carbocycles. The van der Waals surface area contributed by atoms with Crippen LogP contribution in [0.5, 0.6) is 0 Å². The topological polar surface area (TPSA) is 155 Å². The average molecular weight is 901 g/mol. The van der Waals surface area contributed by atoms with Crippen molar-refractivity contribution in [2.45, 2.75) is 106 Å². The lowest BCUT2D eigenvalue weighted by atomic mass is 9.85. The van der Waals surface area contributed by atoms with E-state index in [9.17, 15) is 19.5 Å². The third kappa shape index (κ3) is 8.32. The summed E-state index contributed by atoms with van der Waals surface area (Å²) >= 11 is 3.25. The van der Waals surface area contributed by atoms with Gasteiger partial charge in [-0.2, -0.15) is 0 Å². The Labute approximate surface area is 380 Å². The number of aryl methyl sites for hydroxylation is 4. The van der Waals surface area contributed by atoms with Crippen molar-refractivity contribution in [1.82, 2.24) is 35.3 Å². The van der Waals surface area contributed by atoms with Crippen LogP contribution in [-0.4, -0.2) is 77.9 Å². The molecule has 5 heterocycles. The predicted molar refractivity (Wildman–Crippen MR) is 250 cm³/mol. The third-order valence-electron chi connectivity index (χ3n) is 12.4. The molecule has 1 fully saturated rings. The molecule has 3 N–H and O–H groups in total. The Morgan fingerprint density at radius 2 is 1.59 bits per heavy atom. The Bertz CT molecular complexity index is 2820. The third-order valence-corrected chi connectivity index (χ3v) is 14.6. The maximum Gasteiger partial charge on any atom is 0.252 e. The van der Waals surface area contributed by atoms with Gasteiger partial charge < -0.3 is 20.6 Å². The van der Waals surface area contributed by atoms with Gasteiger partial charge in [-0.25, -0.2) is 9.37 Å². The molecule has 8 rings (SSSR count). The van der Waals surface area contributed by atoms with E-state index >= 15 is 4.39 Å². The first-order valence-corrected chi connectivity index (χ1v) is 23.1. The lowest BCUT2D eigenvalue weighted by Gasteiger charge is -2.35. The van der Waals surface area contributed by atoms with E-state index in [-0.39, 0.29) is 30.6 Å². The van der Waals surface area contributed by atoms with Gasteiger partial charge in [-0.3, -0.25) is 23.9 Å². The highest BCUT2D eigenvalue weighted by molar-refractivity contribution is 7.15. The number of aliphatic imine (C=N–C) groups is 1. The minimum atomic E-state index is -1.10. The van der Waals surface area contributed by atoms with Crippen molar-refractivity contribution < 1.29 is 23.9 Å². The summed E-state index contributed by atoms with van der Waals surface area (Å²) in [6, 6.07) is 15.7. The number of aliphatic hydroxyl groups excluding tert-OH is 1. The minimum Gasteiger partial charge on any atom is -0.391 e. The summed E-state index contributed by atoms with van der Waals surface area (Å²) in [6.45, 7) is 19.1. The molecule has 64 heavy (non-hydrogen) atoms. The molecule has 12 nitrogen and oxygen atoms in total. The fourth-order valence-electron chi connectivity index (χ4n) is 8.66. The number of aliphatic hydroxyl groups is 1. The number of hydrogen-bond donors (Lipinski definition) is 3. The van der Waals surface area contributed by atoms with Crippen LogP contribution in [0.4, 0.5) is 4.39 Å². The standard InChI is InChI=1S/C49H53FN8O4S2/c1-24-19-37(32-13-15-33(16-14-32)41-40-25(2)29(6)64-48(40)58-30(7)55-56-44(58)28(5)52-41)38(50)21-36(24)45(60)54-43(49(8,9)10)47(62)57-22-35(59)20-39(57)46(61)53-26(3)31-11-17-34(18-12-31)42-27(4)51-23-63-42/h11-19,21,23,26,28,35,39,43,59H,20,22H2,1-10H3,(H,53,61)(H,54,60)/t26-,28-,35+,39-,43+/m0/s1. The van der Waals surface area contributed by atoms with Crippen molar-refractivity contribution in [2.24, 2.45) is 10.4 Å². The summed E-state index contributed by atoms with van der Waals surface area (Å²) in [4.78, 5) is 55.3. The van der Waals surface area contributed by atoms with E-state index < -0.39 is 47.1 Å². The summed E-state index contributed by atoms with van der Waals surface area (Å²) in [6.07, 6.45) is -0.876. The van der Waals surface area contributed by atoms with E-state index in [2.05, 4.69) is 44.2 Å². The first-order valence-electron chi connectivity index (χ1n) is 21.4. The minimum absolute atomic E-state index is 0.0520. The Morgan fingerprint density at radius 3 is 2.25 bits per heavy atom. The molecule has 5 atom stereocenters. The van der Waals surface area contributed by atoms with Gasteiger partial charge in [0.2, 0.25) is 11.8 Å². The first-order chi connectivity index (χ1) is 30.3. The van der Waals surface area contributed by atoms with Crippen LogP contribution in [0.3, 0.4) is 0 Å². The van der Waals surface area contributed by atoms with Crippen molar-refractivity contribution in [2.75, 3.05) is 6.54 Å². The number of likely N-dealkylation sites (tertiary alicyclic amines) is 1. The fourth-order valence-corrected chi connectivity index (χ4v) is 10.7. The van der Waals surface area contributed by atoms with Crippen LogP contribution < -0.4 is 10.6 Å². The van der Waals surface area contributed by atoms with Gasteiger partial charge >= 0.3 is 0 Å². The Kier molecular flexibility index (Phi) is 12.0. The number of aromatic nitrogens is 4. The highest BCUT2D eigenvalue weighted by atomic mass is 32.1. The van der Waals surface area contributed by atoms with Crippen LogP contribution in [0.1, 0.15) is 114 Å². The number of hydrogen-bond acceptors (Lipinski definition) is 10. The van der Waals surface area contributed by atoms with E-state index in [1.165, 1.54) is 15.8 Å². The van der Waals surface area contributed by atoms with Crippen LogP contribution >= 0.6 is 22.7 Å². The second-order valence-corrected chi connectivity index (χ2v) is 20.1. The van der Waals surface area contributed by atoms with E-state index in [0.29, 0.717) is 16.7 Å². The van der Waals surface area contributed by atoms with Crippen molar-refractivity contribution in [3.63, 3.8) is 0 Å². The van der Waals surface area contributed by atoms with Crippen molar-refractivity contribution in [1.29, 1.82) is 0 Å². The summed E-state index contributed by atoms with van der Waals surface area (Å²) in [5.41, 5.74) is 9.31. The van der Waals surface area contributed by atoms with Gasteiger partial charge in [-0.05, 0) is 93.8 Å². The maximum atomic E-state index is 16.2. The smallest absolute Gasteiger partial charge is 0.252 e. The van der Waals surface area contributed by atoms with Gasteiger partial charge in [0.15, 0.2) is 5.82 Å². The quantitative estimate of drug-likeness (QED) is 0.131. The highest BCUT2D eigenvalue weighted by Crippen LogP contribution is 2.39. The number of fused-ring (bicyclic) bond motifs is 3. The first kappa shape index (κ1) is 44.7. The maximum absolute atomic E-state index is 16.2. The molecule has 0 bridgehead atoms. The molecule has 0 aliphatic carbocycles. The Hall–Kier alpha value is -5.90. The number of β-amino-alcohol motifs (C(OH)–C–C–N with tert-alkyl or cyclic N) is 1. The monoisotopic (exact) mass is 900 g/mol. The Morgan fingerprint density at radius 1 is 0.922 bits per heavy atom. The number of carbonyl (C=O) groups excluding carboxylic acids is 3. The fraction of sp³-hybridized carbons (Fsp3) is 0.367. The van der Waals surface area contributed by atoms with E-state index in [1.807, 2.05) is 103 Å². The normalized spacial score (nSPS) is 18.2. The lowest BCUT2D eigenvalue weighted by Crippen LogP contribution is -2.57. The van der Waals surface area contributed by atoms with Crippen LogP contribution in [0.25, 0.3) is 26.6 Å². The zero-order chi connectivity index (χ0) is 45.9. The van der Waals surface area contributed by atoms with Gasteiger partial charge in [0.25, 0.3) is 5.91 Å². The average Bonchev–Trinajstić information content (AvgIpc) is 4.02. The molecule has 15 heteroatoms. The lowest BCUT2D eigenvalue weighted by molar-refractivity contribution is -0.142. The molecule has 3 amide bonds. The number of thiophene rings is 1. The number of benzene rings is 3. The highest BCUT2D eigenvalue weighted by Gasteiger charge is 2.45. The molecule has 6 aromatic rings. The van der Waals surface area contributed by atoms with Crippen molar-refractivity contribution in [3.8, 4) is 26.6 Å². The largest absolute Gasteiger partial charge is 0.391 e. The van der Waals surface area contributed by atoms with Crippen LogP contribution in [0.2, 0.25) is 0 Å². The van der Waals surface area contributed by atoms with Crippen molar-refractivity contribution >= 4 is 46.1 Å². The predicted octanol–water partition coefficient (Wildman–Crippen LogP) is 8.70. The summed E-state index contributed by atoms with van der Waals surface area (Å²) < 4.78 is 18.3. The molecule has 2 aliphatic rings. The van der Waals surface area contributed by atoms with Crippen LogP contribution in [0, 0.1) is 45.9 Å². The molecule has 3 aromatic heterocycles. The molecule has 0 spiro atoms. The molecular formula is C49H53FN8O4S2. The number of nitrogens with zero attached hydrogens (tertiary/aromatic N) is 6. The number of carbonyl (C=O) groups is 3. The van der Waals surface area contributed by atoms with Gasteiger partial charge in [0.05, 0.1) is 33.9 Å². The SMILES string of the molecule is Cc1cc(-c2ccc(C3=N[C@@H](C)c4nnc(C)n4-c4sc(C)c(C)c43)cc2)c(F)cc1C(=O)N[C@H](C(=O)N1C[C@H](O)C[C@H]1C(=O)N[C@@H](C)c1ccc(-c2scnc2C)cc1)C(C)(C)C. The Balaban J connectivity index is 0.983. The van der Waals surface area contributed by atoms with Gasteiger partial charge in [0, 0.05) is 40.1 Å². The van der Waals surface area contributed by atoms with Gasteiger partial charge in [-0.15, -0.1) is 32.9 Å². The number of halogens is 1. The second kappa shape index (κ2) is 17.2. The number of thiazole rings is 1. The molecule has 332 valence electrons.